The summed E-state index contributed by atoms with van der Waals surface area (Å²) in [6, 6.07) is 5.51. The van der Waals surface area contributed by atoms with Gasteiger partial charge in [-0.2, -0.15) is 0 Å². The van der Waals surface area contributed by atoms with Crippen molar-refractivity contribution in [3.8, 4) is 0 Å². The number of likely N-dealkylation sites (tertiary alicyclic amines) is 1. The van der Waals surface area contributed by atoms with E-state index in [-0.39, 0.29) is 17.5 Å². The third-order valence-corrected chi connectivity index (χ3v) is 5.15. The second-order valence-electron chi connectivity index (χ2n) is 6.80. The fourth-order valence-corrected chi connectivity index (χ4v) is 4.24. The average Bonchev–Trinajstić information content (AvgIpc) is 2.81. The van der Waals surface area contributed by atoms with Gasteiger partial charge in [-0.15, -0.1) is 0 Å². The number of carbonyl (C=O) groups is 2. The molecule has 3 rings (SSSR count). The maximum absolute atomic E-state index is 13.0. The largest absolute Gasteiger partial charge is 0.478 e. The van der Waals surface area contributed by atoms with Gasteiger partial charge in [0.2, 0.25) is 0 Å². The third kappa shape index (κ3) is 2.62. The molecule has 3 atom stereocenters. The molecule has 1 aliphatic heterocycles. The highest BCUT2D eigenvalue weighted by atomic mass is 16.4. The van der Waals surface area contributed by atoms with Crippen molar-refractivity contribution < 1.29 is 14.7 Å². The second kappa shape index (κ2) is 5.75. The van der Waals surface area contributed by atoms with Gasteiger partial charge in [0.05, 0.1) is 5.56 Å². The van der Waals surface area contributed by atoms with Gasteiger partial charge in [0.1, 0.15) is 0 Å². The molecular weight excluding hydrogens is 278 g/mol. The van der Waals surface area contributed by atoms with Crippen molar-refractivity contribution in [1.29, 1.82) is 0 Å². The van der Waals surface area contributed by atoms with Gasteiger partial charge in [0.15, 0.2) is 0 Å². The van der Waals surface area contributed by atoms with Gasteiger partial charge in [-0.25, -0.2) is 4.79 Å². The maximum atomic E-state index is 13.0. The van der Waals surface area contributed by atoms with Crippen LogP contribution >= 0.6 is 0 Å². The summed E-state index contributed by atoms with van der Waals surface area (Å²) in [4.78, 5) is 26.2. The molecule has 1 saturated heterocycles. The lowest BCUT2D eigenvalue weighted by atomic mass is 9.85. The number of benzene rings is 1. The van der Waals surface area contributed by atoms with Crippen molar-refractivity contribution in [1.82, 2.24) is 4.90 Å². The molecule has 3 unspecified atom stereocenters. The van der Waals surface area contributed by atoms with Crippen molar-refractivity contribution in [2.24, 2.45) is 5.92 Å². The number of aromatic carboxylic acids is 1. The first-order chi connectivity index (χ1) is 10.5. The molecule has 0 spiro atoms. The van der Waals surface area contributed by atoms with E-state index in [2.05, 4.69) is 6.92 Å². The van der Waals surface area contributed by atoms with Crippen LogP contribution in [0.15, 0.2) is 18.2 Å². The van der Waals surface area contributed by atoms with E-state index >= 15 is 0 Å². The molecule has 0 aromatic heterocycles. The first kappa shape index (κ1) is 15.1. The lowest BCUT2D eigenvalue weighted by Gasteiger charge is -2.33. The summed E-state index contributed by atoms with van der Waals surface area (Å²) >= 11 is 0. The minimum Gasteiger partial charge on any atom is -0.478 e. The average molecular weight is 301 g/mol. The van der Waals surface area contributed by atoms with Gasteiger partial charge >= 0.3 is 5.97 Å². The number of carboxylic acids is 1. The molecule has 22 heavy (non-hydrogen) atoms. The van der Waals surface area contributed by atoms with E-state index < -0.39 is 5.97 Å². The highest BCUT2D eigenvalue weighted by Crippen LogP contribution is 2.40. The van der Waals surface area contributed by atoms with Gasteiger partial charge in [-0.05, 0) is 62.8 Å². The highest BCUT2D eigenvalue weighted by Gasteiger charge is 2.42. The summed E-state index contributed by atoms with van der Waals surface area (Å²) in [5, 5.41) is 9.20. The number of fused-ring (bicyclic) bond motifs is 1. The number of carbonyl (C=O) groups excluding carboxylic acids is 1. The predicted molar refractivity (Wildman–Crippen MR) is 84.1 cm³/mol. The van der Waals surface area contributed by atoms with Crippen molar-refractivity contribution in [2.45, 2.75) is 58.0 Å². The standard InChI is InChI=1S/C18H23NO3/c1-11-7-14(10-15(8-11)18(21)22)17(20)19-12(2)9-13-5-3-4-6-16(13)19/h7-8,10,12-13,16H,3-6,9H2,1-2H3,(H,21,22). The quantitative estimate of drug-likeness (QED) is 0.909. The number of rotatable bonds is 2. The summed E-state index contributed by atoms with van der Waals surface area (Å²) in [7, 11) is 0. The molecule has 4 heteroatoms. The van der Waals surface area contributed by atoms with Crippen LogP contribution in [0.3, 0.4) is 0 Å². The second-order valence-corrected chi connectivity index (χ2v) is 6.80. The number of amides is 1. The van der Waals surface area contributed by atoms with Gasteiger partial charge in [0.25, 0.3) is 5.91 Å². The van der Waals surface area contributed by atoms with E-state index in [1.54, 1.807) is 12.1 Å². The molecule has 1 amide bonds. The maximum Gasteiger partial charge on any atom is 0.335 e. The zero-order valence-electron chi connectivity index (χ0n) is 13.2. The predicted octanol–water partition coefficient (Wildman–Crippen LogP) is 3.49. The third-order valence-electron chi connectivity index (χ3n) is 5.15. The Kier molecular flexibility index (Phi) is 3.94. The fraction of sp³-hybridized carbons (Fsp3) is 0.556. The Balaban J connectivity index is 1.91. The normalized spacial score (nSPS) is 27.5. The monoisotopic (exact) mass is 301 g/mol. The summed E-state index contributed by atoms with van der Waals surface area (Å²) < 4.78 is 0. The van der Waals surface area contributed by atoms with Crippen molar-refractivity contribution >= 4 is 11.9 Å². The molecule has 0 bridgehead atoms. The Morgan fingerprint density at radius 2 is 1.82 bits per heavy atom. The first-order valence-corrected chi connectivity index (χ1v) is 8.15. The smallest absolute Gasteiger partial charge is 0.335 e. The number of hydrogen-bond acceptors (Lipinski definition) is 2. The zero-order chi connectivity index (χ0) is 15.9. The molecule has 1 saturated carbocycles. The summed E-state index contributed by atoms with van der Waals surface area (Å²) in [6.45, 7) is 3.95. The Morgan fingerprint density at radius 1 is 1.14 bits per heavy atom. The van der Waals surface area contributed by atoms with Crippen LogP contribution in [0.5, 0.6) is 0 Å². The van der Waals surface area contributed by atoms with Crippen molar-refractivity contribution in [3.05, 3.63) is 34.9 Å². The van der Waals surface area contributed by atoms with Crippen LogP contribution in [-0.4, -0.2) is 34.0 Å². The molecule has 2 fully saturated rings. The molecule has 1 heterocycles. The van der Waals surface area contributed by atoms with Crippen LogP contribution in [0.1, 0.15) is 65.3 Å². The van der Waals surface area contributed by atoms with E-state index in [4.69, 9.17) is 0 Å². The van der Waals surface area contributed by atoms with Crippen LogP contribution in [0.25, 0.3) is 0 Å². The number of carboxylic acid groups (broad SMARTS) is 1. The summed E-state index contributed by atoms with van der Waals surface area (Å²) in [5.41, 5.74) is 1.51. The lowest BCUT2D eigenvalue weighted by Crippen LogP contribution is -2.42. The molecule has 1 N–H and O–H groups in total. The van der Waals surface area contributed by atoms with Crippen LogP contribution in [0, 0.1) is 12.8 Å². The number of hydrogen-bond donors (Lipinski definition) is 1. The number of aryl methyl sites for hydroxylation is 1. The molecule has 2 aliphatic rings. The minimum atomic E-state index is -0.984. The van der Waals surface area contributed by atoms with Crippen LogP contribution in [-0.2, 0) is 0 Å². The molecule has 1 aliphatic carbocycles. The van der Waals surface area contributed by atoms with Gasteiger partial charge in [-0.1, -0.05) is 12.8 Å². The molecule has 4 nitrogen and oxygen atoms in total. The van der Waals surface area contributed by atoms with E-state index in [0.717, 1.165) is 18.4 Å². The highest BCUT2D eigenvalue weighted by molar-refractivity contribution is 5.98. The fourth-order valence-electron chi connectivity index (χ4n) is 4.24. The topological polar surface area (TPSA) is 57.6 Å². The van der Waals surface area contributed by atoms with Crippen molar-refractivity contribution in [3.63, 3.8) is 0 Å². The molecular formula is C18H23NO3. The molecule has 1 aromatic rings. The van der Waals surface area contributed by atoms with E-state index in [1.807, 2.05) is 11.8 Å². The van der Waals surface area contributed by atoms with Crippen molar-refractivity contribution in [2.75, 3.05) is 0 Å². The van der Waals surface area contributed by atoms with E-state index in [9.17, 15) is 14.7 Å². The van der Waals surface area contributed by atoms with Crippen LogP contribution in [0.2, 0.25) is 0 Å². The Morgan fingerprint density at radius 3 is 2.55 bits per heavy atom. The number of nitrogens with zero attached hydrogens (tertiary/aromatic N) is 1. The molecule has 0 radical (unpaired) electrons. The lowest BCUT2D eigenvalue weighted by molar-refractivity contribution is 0.0633. The zero-order valence-corrected chi connectivity index (χ0v) is 13.2. The van der Waals surface area contributed by atoms with Gasteiger partial charge in [0, 0.05) is 17.6 Å². The summed E-state index contributed by atoms with van der Waals surface area (Å²) in [5.74, 6) is -0.368. The first-order valence-electron chi connectivity index (χ1n) is 8.15. The van der Waals surface area contributed by atoms with Gasteiger partial charge < -0.3 is 10.0 Å². The van der Waals surface area contributed by atoms with Gasteiger partial charge in [-0.3, -0.25) is 4.79 Å². The van der Waals surface area contributed by atoms with Crippen LogP contribution < -0.4 is 0 Å². The molecule has 1 aromatic carbocycles. The Labute approximate surface area is 131 Å². The summed E-state index contributed by atoms with van der Waals surface area (Å²) in [6.07, 6.45) is 5.83. The van der Waals surface area contributed by atoms with Crippen LogP contribution in [0.4, 0.5) is 0 Å². The molecule has 118 valence electrons. The minimum absolute atomic E-state index is 0.00639. The Bertz CT molecular complexity index is 610. The van der Waals surface area contributed by atoms with E-state index in [0.29, 0.717) is 17.5 Å². The Hall–Kier alpha value is -1.84. The SMILES string of the molecule is Cc1cc(C(=O)O)cc(C(=O)N2C(C)CC3CCCCC32)c1. The van der Waals surface area contributed by atoms with E-state index in [1.165, 1.54) is 25.3 Å².